The number of rotatable bonds is 3. The topological polar surface area (TPSA) is 37.4 Å². The largest absolute Gasteiger partial charge is 0.314 e. The highest BCUT2D eigenvalue weighted by atomic mass is 79.9. The second kappa shape index (κ2) is 5.80. The zero-order valence-electron chi connectivity index (χ0n) is 13.2. The quantitative estimate of drug-likeness (QED) is 0.599. The van der Waals surface area contributed by atoms with Gasteiger partial charge in [0.05, 0.1) is 10.7 Å². The fourth-order valence-corrected chi connectivity index (χ4v) is 4.47. The van der Waals surface area contributed by atoms with Gasteiger partial charge in [-0.1, -0.05) is 35.2 Å². The van der Waals surface area contributed by atoms with Gasteiger partial charge in [-0.2, -0.15) is 0 Å². The van der Waals surface area contributed by atoms with E-state index in [1.807, 2.05) is 25.2 Å². The van der Waals surface area contributed by atoms with E-state index in [-0.39, 0.29) is 11.7 Å². The first-order valence-electron chi connectivity index (χ1n) is 8.02. The lowest BCUT2D eigenvalue weighted by atomic mass is 9.66. The number of ketones is 1. The maximum absolute atomic E-state index is 13.0. The summed E-state index contributed by atoms with van der Waals surface area (Å²) in [5.41, 5.74) is 2.22. The molecule has 0 radical (unpaired) electrons. The monoisotopic (exact) mass is 363 g/mol. The summed E-state index contributed by atoms with van der Waals surface area (Å²) in [6.07, 6.45) is 5.88. The van der Waals surface area contributed by atoms with Crippen LogP contribution in [0.2, 0.25) is 0 Å². The maximum Gasteiger partial charge on any atom is 0.237 e. The number of amides is 1. The van der Waals surface area contributed by atoms with Gasteiger partial charge in [-0.3, -0.25) is 9.59 Å². The van der Waals surface area contributed by atoms with Crippen LogP contribution in [0.3, 0.4) is 0 Å². The van der Waals surface area contributed by atoms with Crippen LogP contribution >= 0.6 is 15.9 Å². The number of nitrogens with zero attached hydrogens (tertiary/aromatic N) is 1. The maximum atomic E-state index is 13.0. The van der Waals surface area contributed by atoms with E-state index in [1.165, 1.54) is 19.3 Å². The third kappa shape index (κ3) is 2.23. The predicted octanol–water partition coefficient (Wildman–Crippen LogP) is 4.08. The number of fused-ring (bicyclic) bond motifs is 1. The van der Waals surface area contributed by atoms with E-state index < -0.39 is 5.41 Å². The van der Waals surface area contributed by atoms with Crippen LogP contribution in [0.5, 0.6) is 0 Å². The molecule has 1 aromatic rings. The SMILES string of the molecule is CN1C(=O)[C@@](C)(C2CCCCC2)c2cc(C(=O)CBr)ccc21. The molecule has 0 bridgehead atoms. The fraction of sp³-hybridized carbons (Fsp3) is 0.556. The van der Waals surface area contributed by atoms with E-state index in [2.05, 4.69) is 22.9 Å². The van der Waals surface area contributed by atoms with Crippen molar-refractivity contribution in [3.05, 3.63) is 29.3 Å². The molecular weight excluding hydrogens is 342 g/mol. The Bertz CT molecular complexity index is 622. The predicted molar refractivity (Wildman–Crippen MR) is 91.9 cm³/mol. The van der Waals surface area contributed by atoms with E-state index in [0.29, 0.717) is 16.8 Å². The van der Waals surface area contributed by atoms with Crippen LogP contribution in [0, 0.1) is 5.92 Å². The number of anilines is 1. The first kappa shape index (κ1) is 15.7. The Balaban J connectivity index is 2.09. The summed E-state index contributed by atoms with van der Waals surface area (Å²) in [6, 6.07) is 5.71. The van der Waals surface area contributed by atoms with Crippen LogP contribution in [0.1, 0.15) is 54.9 Å². The van der Waals surface area contributed by atoms with E-state index in [1.54, 1.807) is 4.90 Å². The third-order valence-corrected chi connectivity index (χ3v) is 6.04. The molecule has 0 unspecified atom stereocenters. The lowest BCUT2D eigenvalue weighted by Crippen LogP contribution is -2.43. The molecule has 1 aliphatic heterocycles. The molecule has 1 atom stereocenters. The smallest absolute Gasteiger partial charge is 0.237 e. The number of carbonyl (C=O) groups is 2. The Morgan fingerprint density at radius 3 is 2.64 bits per heavy atom. The van der Waals surface area contributed by atoms with Crippen LogP contribution < -0.4 is 4.90 Å². The minimum Gasteiger partial charge on any atom is -0.314 e. The Labute approximate surface area is 140 Å². The molecule has 0 aromatic heterocycles. The standard InChI is InChI=1S/C18H22BrNO2/c1-18(13-6-4-3-5-7-13)14-10-12(16(21)11-19)8-9-15(14)20(2)17(18)22/h8-10,13H,3-7,11H2,1-2H3/t18-/m0/s1. The van der Waals surface area contributed by atoms with Gasteiger partial charge in [0.15, 0.2) is 5.78 Å². The van der Waals surface area contributed by atoms with Crippen molar-refractivity contribution in [1.29, 1.82) is 0 Å². The van der Waals surface area contributed by atoms with Crippen LogP contribution in [0.25, 0.3) is 0 Å². The molecule has 1 fully saturated rings. The Morgan fingerprint density at radius 1 is 1.32 bits per heavy atom. The number of alkyl halides is 1. The molecule has 1 aliphatic carbocycles. The number of likely N-dealkylation sites (N-methyl/N-ethyl adjacent to an activating group) is 1. The van der Waals surface area contributed by atoms with E-state index in [9.17, 15) is 9.59 Å². The van der Waals surface area contributed by atoms with E-state index in [4.69, 9.17) is 0 Å². The van der Waals surface area contributed by atoms with Gasteiger partial charge in [0.1, 0.15) is 0 Å². The minimum atomic E-state index is -0.479. The molecule has 0 spiro atoms. The molecule has 4 heteroatoms. The van der Waals surface area contributed by atoms with Crippen LogP contribution in [0.4, 0.5) is 5.69 Å². The molecule has 1 heterocycles. The third-order valence-electron chi connectivity index (χ3n) is 5.53. The first-order chi connectivity index (χ1) is 10.5. The minimum absolute atomic E-state index is 0.0656. The van der Waals surface area contributed by atoms with Crippen molar-refractivity contribution in [1.82, 2.24) is 0 Å². The Hall–Kier alpha value is -1.16. The Kier molecular flexibility index (Phi) is 4.15. The summed E-state index contributed by atoms with van der Waals surface area (Å²) in [6.45, 7) is 2.08. The number of hydrogen-bond donors (Lipinski definition) is 0. The fourth-order valence-electron chi connectivity index (χ4n) is 4.14. The second-order valence-electron chi connectivity index (χ2n) is 6.69. The molecule has 2 aliphatic rings. The highest BCUT2D eigenvalue weighted by Crippen LogP contribution is 2.50. The lowest BCUT2D eigenvalue weighted by molar-refractivity contribution is -0.124. The highest BCUT2D eigenvalue weighted by Gasteiger charge is 2.51. The van der Waals surface area contributed by atoms with Crippen molar-refractivity contribution in [3.63, 3.8) is 0 Å². The number of carbonyl (C=O) groups excluding carboxylic acids is 2. The molecule has 1 saturated carbocycles. The van der Waals surface area contributed by atoms with Gasteiger partial charge in [-0.05, 0) is 49.4 Å². The van der Waals surface area contributed by atoms with E-state index in [0.717, 1.165) is 24.1 Å². The summed E-state index contributed by atoms with van der Waals surface area (Å²) in [4.78, 5) is 26.8. The van der Waals surface area contributed by atoms with Crippen molar-refractivity contribution in [3.8, 4) is 0 Å². The molecule has 3 rings (SSSR count). The summed E-state index contributed by atoms with van der Waals surface area (Å²) in [7, 11) is 1.85. The molecule has 118 valence electrons. The average Bonchev–Trinajstić information content (AvgIpc) is 2.77. The highest BCUT2D eigenvalue weighted by molar-refractivity contribution is 9.09. The van der Waals surface area contributed by atoms with Gasteiger partial charge in [0.25, 0.3) is 0 Å². The van der Waals surface area contributed by atoms with Crippen LogP contribution in [-0.2, 0) is 10.2 Å². The molecule has 0 saturated heterocycles. The first-order valence-corrected chi connectivity index (χ1v) is 9.14. The van der Waals surface area contributed by atoms with Crippen molar-refractivity contribution < 1.29 is 9.59 Å². The van der Waals surface area contributed by atoms with Gasteiger partial charge in [0.2, 0.25) is 5.91 Å². The zero-order valence-corrected chi connectivity index (χ0v) is 14.8. The van der Waals surface area contributed by atoms with Gasteiger partial charge >= 0.3 is 0 Å². The van der Waals surface area contributed by atoms with E-state index >= 15 is 0 Å². The Morgan fingerprint density at radius 2 is 2.00 bits per heavy atom. The van der Waals surface area contributed by atoms with Gasteiger partial charge in [-0.25, -0.2) is 0 Å². The average molecular weight is 364 g/mol. The molecule has 1 amide bonds. The molecule has 3 nitrogen and oxygen atoms in total. The number of Topliss-reactive ketones (excluding diaryl/α,β-unsaturated/α-hetero) is 1. The second-order valence-corrected chi connectivity index (χ2v) is 7.25. The number of hydrogen-bond acceptors (Lipinski definition) is 2. The van der Waals surface area contributed by atoms with Crippen LogP contribution in [0.15, 0.2) is 18.2 Å². The summed E-state index contributed by atoms with van der Waals surface area (Å²) in [5.74, 6) is 0.625. The van der Waals surface area contributed by atoms with Gasteiger partial charge in [0, 0.05) is 18.3 Å². The number of benzene rings is 1. The normalized spacial score (nSPS) is 25.4. The molecular formula is C18H22BrNO2. The van der Waals surface area contributed by atoms with Gasteiger partial charge in [-0.15, -0.1) is 0 Å². The van der Waals surface area contributed by atoms with Crippen LogP contribution in [-0.4, -0.2) is 24.1 Å². The lowest BCUT2D eigenvalue weighted by Gasteiger charge is -2.35. The van der Waals surface area contributed by atoms with Gasteiger partial charge < -0.3 is 4.90 Å². The molecule has 0 N–H and O–H groups in total. The molecule has 22 heavy (non-hydrogen) atoms. The van der Waals surface area contributed by atoms with Crippen molar-refractivity contribution in [2.24, 2.45) is 5.92 Å². The summed E-state index contributed by atoms with van der Waals surface area (Å²) in [5, 5.41) is 0.315. The van der Waals surface area contributed by atoms with Crippen molar-refractivity contribution in [2.45, 2.75) is 44.4 Å². The zero-order chi connectivity index (χ0) is 15.9. The van der Waals surface area contributed by atoms with Crippen molar-refractivity contribution in [2.75, 3.05) is 17.3 Å². The summed E-state index contributed by atoms with van der Waals surface area (Å²) < 4.78 is 0. The number of halogens is 1. The summed E-state index contributed by atoms with van der Waals surface area (Å²) >= 11 is 3.23. The van der Waals surface area contributed by atoms with Crippen molar-refractivity contribution >= 4 is 33.3 Å². The molecule has 1 aromatic carbocycles.